The van der Waals surface area contributed by atoms with Gasteiger partial charge in [-0.1, -0.05) is 44.2 Å². The second-order valence-electron chi connectivity index (χ2n) is 7.25. The average Bonchev–Trinajstić information content (AvgIpc) is 3.20. The van der Waals surface area contributed by atoms with Crippen LogP contribution in [0.5, 0.6) is 0 Å². The molecule has 0 amide bonds. The first-order valence-electron chi connectivity index (χ1n) is 9.14. The molecule has 0 atom stereocenters. The molecule has 4 rings (SSSR count). The third-order valence-corrected chi connectivity index (χ3v) is 4.84. The molecular weight excluding hydrogens is 356 g/mol. The van der Waals surface area contributed by atoms with E-state index in [1.165, 1.54) is 4.57 Å². The van der Waals surface area contributed by atoms with Crippen LogP contribution in [0.15, 0.2) is 46.1 Å². The lowest BCUT2D eigenvalue weighted by molar-refractivity contribution is 0.713. The van der Waals surface area contributed by atoms with Crippen molar-refractivity contribution in [1.82, 2.24) is 28.9 Å². The minimum absolute atomic E-state index is 0.195. The predicted octanol–water partition coefficient (Wildman–Crippen LogP) is 2.00. The Morgan fingerprint density at radius 2 is 1.82 bits per heavy atom. The molecule has 0 spiro atoms. The summed E-state index contributed by atoms with van der Waals surface area (Å²) in [6.07, 6.45) is 1.89. The van der Waals surface area contributed by atoms with Crippen LogP contribution < -0.4 is 11.2 Å². The zero-order chi connectivity index (χ0) is 20.0. The molecule has 8 nitrogen and oxygen atoms in total. The minimum Gasteiger partial charge on any atom is -0.321 e. The fourth-order valence-corrected chi connectivity index (χ4v) is 3.50. The van der Waals surface area contributed by atoms with Crippen LogP contribution in [0.1, 0.15) is 31.0 Å². The summed E-state index contributed by atoms with van der Waals surface area (Å²) in [5.74, 6) is 0.811. The number of aromatic nitrogens is 6. The summed E-state index contributed by atoms with van der Waals surface area (Å²) in [6, 6.07) is 9.62. The zero-order valence-corrected chi connectivity index (χ0v) is 16.3. The smallest absolute Gasteiger partial charge is 0.321 e. The van der Waals surface area contributed by atoms with Crippen molar-refractivity contribution >= 4 is 11.2 Å². The average molecular weight is 378 g/mol. The highest BCUT2D eigenvalue weighted by molar-refractivity contribution is 5.77. The molecule has 8 heteroatoms. The first-order valence-corrected chi connectivity index (χ1v) is 9.14. The topological polar surface area (TPSA) is 90.5 Å². The summed E-state index contributed by atoms with van der Waals surface area (Å²) in [7, 11) is 3.64. The number of nitrogens with zero attached hydrogens (tertiary/aromatic N) is 5. The van der Waals surface area contributed by atoms with Crippen LogP contribution in [0.4, 0.5) is 0 Å². The van der Waals surface area contributed by atoms with Gasteiger partial charge in [0.25, 0.3) is 5.56 Å². The van der Waals surface area contributed by atoms with E-state index in [2.05, 4.69) is 23.9 Å². The summed E-state index contributed by atoms with van der Waals surface area (Å²) < 4.78 is 4.98. The molecule has 0 fully saturated rings. The Hall–Kier alpha value is -3.42. The van der Waals surface area contributed by atoms with Crippen LogP contribution in [-0.2, 0) is 20.6 Å². The van der Waals surface area contributed by atoms with E-state index >= 15 is 0 Å². The Labute approximate surface area is 161 Å². The van der Waals surface area contributed by atoms with Gasteiger partial charge in [0, 0.05) is 20.3 Å². The fraction of sp³-hybridized carbons (Fsp3) is 0.300. The fourth-order valence-electron chi connectivity index (χ4n) is 3.50. The van der Waals surface area contributed by atoms with Crippen LogP contribution in [0.25, 0.3) is 22.6 Å². The Morgan fingerprint density at radius 1 is 1.11 bits per heavy atom. The number of H-pyrrole nitrogens is 1. The van der Waals surface area contributed by atoms with Gasteiger partial charge in [-0.2, -0.15) is 5.10 Å². The summed E-state index contributed by atoms with van der Waals surface area (Å²) in [6.45, 7) is 4.45. The van der Waals surface area contributed by atoms with E-state index in [-0.39, 0.29) is 5.92 Å². The van der Waals surface area contributed by atoms with E-state index in [1.54, 1.807) is 16.3 Å². The monoisotopic (exact) mass is 378 g/mol. The van der Waals surface area contributed by atoms with Gasteiger partial charge in [0.05, 0.1) is 17.8 Å². The standard InChI is InChI=1S/C20H22N6O2/c1-12(2)15-14(11-24(3)23-15)17-21-18-16(25(17)4)19(27)22-20(28)26(18)10-13-8-6-5-7-9-13/h5-9,11-12H,10H2,1-4H3,(H,22,27,28). The lowest BCUT2D eigenvalue weighted by Crippen LogP contribution is -2.31. The number of fused-ring (bicyclic) bond motifs is 1. The number of rotatable bonds is 4. The van der Waals surface area contributed by atoms with Crippen LogP contribution in [0.2, 0.25) is 0 Å². The maximum absolute atomic E-state index is 12.5. The molecule has 3 aromatic heterocycles. The zero-order valence-electron chi connectivity index (χ0n) is 16.3. The molecule has 3 heterocycles. The summed E-state index contributed by atoms with van der Waals surface area (Å²) in [5, 5.41) is 4.54. The van der Waals surface area contributed by atoms with E-state index in [0.29, 0.717) is 23.5 Å². The Bertz CT molecular complexity index is 1270. The van der Waals surface area contributed by atoms with Gasteiger partial charge in [-0.15, -0.1) is 0 Å². The van der Waals surface area contributed by atoms with Crippen molar-refractivity contribution in [1.29, 1.82) is 0 Å². The molecule has 0 aliphatic carbocycles. The summed E-state index contributed by atoms with van der Waals surface area (Å²) >= 11 is 0. The van der Waals surface area contributed by atoms with Crippen molar-refractivity contribution in [3.05, 3.63) is 68.6 Å². The van der Waals surface area contributed by atoms with Gasteiger partial charge < -0.3 is 4.57 Å². The van der Waals surface area contributed by atoms with E-state index < -0.39 is 11.2 Å². The molecule has 0 bridgehead atoms. The highest BCUT2D eigenvalue weighted by atomic mass is 16.2. The molecule has 0 aliphatic rings. The van der Waals surface area contributed by atoms with Gasteiger partial charge in [-0.3, -0.25) is 19.0 Å². The SMILES string of the molecule is CC(C)c1nn(C)cc1-c1nc2c(c(=O)[nH]c(=O)n2Cc2ccccc2)n1C. The van der Waals surface area contributed by atoms with Crippen molar-refractivity contribution in [2.24, 2.45) is 14.1 Å². The largest absolute Gasteiger partial charge is 0.330 e. The molecular formula is C20H22N6O2. The molecule has 4 aromatic rings. The third-order valence-electron chi connectivity index (χ3n) is 4.84. The van der Waals surface area contributed by atoms with Crippen LogP contribution in [0.3, 0.4) is 0 Å². The van der Waals surface area contributed by atoms with Crippen LogP contribution >= 0.6 is 0 Å². The summed E-state index contributed by atoms with van der Waals surface area (Å²) in [4.78, 5) is 32.2. The molecule has 0 saturated heterocycles. The maximum atomic E-state index is 12.5. The molecule has 0 aliphatic heterocycles. The number of imidazole rings is 1. The van der Waals surface area contributed by atoms with Gasteiger partial charge in [-0.25, -0.2) is 9.78 Å². The van der Waals surface area contributed by atoms with E-state index in [9.17, 15) is 9.59 Å². The van der Waals surface area contributed by atoms with Crippen molar-refractivity contribution in [3.8, 4) is 11.4 Å². The number of hydrogen-bond acceptors (Lipinski definition) is 4. The second-order valence-corrected chi connectivity index (χ2v) is 7.25. The van der Waals surface area contributed by atoms with Gasteiger partial charge in [0.15, 0.2) is 11.2 Å². The predicted molar refractivity (Wildman–Crippen MR) is 107 cm³/mol. The number of hydrogen-bond donors (Lipinski definition) is 1. The molecule has 0 unspecified atom stereocenters. The quantitative estimate of drug-likeness (QED) is 0.588. The molecule has 28 heavy (non-hydrogen) atoms. The Kier molecular flexibility index (Phi) is 4.26. The maximum Gasteiger partial charge on any atom is 0.330 e. The molecule has 1 aromatic carbocycles. The number of nitrogens with one attached hydrogen (secondary N) is 1. The van der Waals surface area contributed by atoms with Gasteiger partial charge in [0.1, 0.15) is 5.82 Å². The Morgan fingerprint density at radius 3 is 2.50 bits per heavy atom. The minimum atomic E-state index is -0.471. The molecule has 0 saturated carbocycles. The molecule has 144 valence electrons. The lowest BCUT2D eigenvalue weighted by Gasteiger charge is -2.06. The van der Waals surface area contributed by atoms with Gasteiger partial charge in [-0.05, 0) is 11.5 Å². The number of aryl methyl sites for hydroxylation is 2. The Balaban J connectivity index is 1.99. The lowest BCUT2D eigenvalue weighted by atomic mass is 10.1. The third kappa shape index (κ3) is 2.87. The normalized spacial score (nSPS) is 11.6. The van der Waals surface area contributed by atoms with Crippen molar-refractivity contribution < 1.29 is 0 Å². The van der Waals surface area contributed by atoms with Crippen molar-refractivity contribution in [2.75, 3.05) is 0 Å². The number of aromatic amines is 1. The van der Waals surface area contributed by atoms with Gasteiger partial charge in [0.2, 0.25) is 0 Å². The first-order chi connectivity index (χ1) is 13.4. The molecule has 1 N–H and O–H groups in total. The van der Waals surface area contributed by atoms with Crippen molar-refractivity contribution in [2.45, 2.75) is 26.3 Å². The number of benzene rings is 1. The van der Waals surface area contributed by atoms with E-state index in [0.717, 1.165) is 16.8 Å². The highest BCUT2D eigenvalue weighted by Gasteiger charge is 2.22. The van der Waals surface area contributed by atoms with Crippen LogP contribution in [0, 0.1) is 0 Å². The van der Waals surface area contributed by atoms with E-state index in [4.69, 9.17) is 4.98 Å². The van der Waals surface area contributed by atoms with Crippen LogP contribution in [-0.4, -0.2) is 28.9 Å². The van der Waals surface area contributed by atoms with E-state index in [1.807, 2.05) is 43.6 Å². The molecule has 0 radical (unpaired) electrons. The first kappa shape index (κ1) is 18.0. The van der Waals surface area contributed by atoms with Gasteiger partial charge >= 0.3 is 5.69 Å². The highest BCUT2D eigenvalue weighted by Crippen LogP contribution is 2.28. The second kappa shape index (κ2) is 6.63. The summed E-state index contributed by atoms with van der Waals surface area (Å²) in [5.41, 5.74) is 2.53. The van der Waals surface area contributed by atoms with Crippen molar-refractivity contribution in [3.63, 3.8) is 0 Å².